The standard InChI is InChI=1S/C36H28FN3O3S/c37-32-19-11-10-14-27(32)24-33(39-35(42)26-12-4-1-5-13-26)36(43)38-28-20-22-31(23-21-28)44-25-34(41)40(29-15-6-2-7-16-29)30-17-8-3-9-18-30/h1-24H,25H2,(H,38,43)(H,39,42)/b33-24-. The third-order valence-corrected chi connectivity index (χ3v) is 7.48. The summed E-state index contributed by atoms with van der Waals surface area (Å²) in [5.74, 6) is -1.53. The molecule has 0 atom stereocenters. The van der Waals surface area contributed by atoms with Crippen LogP contribution in [0, 0.1) is 5.82 Å². The number of carbonyl (C=O) groups excluding carboxylic acids is 3. The Balaban J connectivity index is 1.27. The first-order valence-corrected chi connectivity index (χ1v) is 14.8. The SMILES string of the molecule is O=C(Nc1ccc(SCC(=O)N(c2ccccc2)c2ccccc2)cc1)/C(=C/c1ccccc1F)NC(=O)c1ccccc1. The summed E-state index contributed by atoms with van der Waals surface area (Å²) < 4.78 is 14.4. The maximum Gasteiger partial charge on any atom is 0.272 e. The van der Waals surface area contributed by atoms with E-state index >= 15 is 0 Å². The van der Waals surface area contributed by atoms with Gasteiger partial charge in [-0.1, -0.05) is 72.8 Å². The zero-order valence-corrected chi connectivity index (χ0v) is 24.3. The van der Waals surface area contributed by atoms with E-state index in [9.17, 15) is 18.8 Å². The summed E-state index contributed by atoms with van der Waals surface area (Å²) in [6.45, 7) is 0. The summed E-state index contributed by atoms with van der Waals surface area (Å²) in [6.07, 6.45) is 1.30. The van der Waals surface area contributed by atoms with Gasteiger partial charge in [-0.3, -0.25) is 19.3 Å². The number of nitrogens with one attached hydrogen (secondary N) is 2. The molecule has 6 nitrogen and oxygen atoms in total. The number of amides is 3. The molecular weight excluding hydrogens is 573 g/mol. The number of para-hydroxylation sites is 2. The minimum Gasteiger partial charge on any atom is -0.321 e. The van der Waals surface area contributed by atoms with E-state index in [-0.39, 0.29) is 22.9 Å². The molecule has 0 aliphatic carbocycles. The van der Waals surface area contributed by atoms with Crippen LogP contribution in [0.1, 0.15) is 15.9 Å². The van der Waals surface area contributed by atoms with E-state index in [0.29, 0.717) is 11.3 Å². The fourth-order valence-corrected chi connectivity index (χ4v) is 5.07. The second kappa shape index (κ2) is 14.6. The minimum atomic E-state index is -0.616. The molecule has 0 heterocycles. The van der Waals surface area contributed by atoms with Crippen LogP contribution in [0.2, 0.25) is 0 Å². The molecule has 0 aliphatic rings. The molecule has 5 aromatic carbocycles. The fraction of sp³-hybridized carbons (Fsp3) is 0.0278. The highest BCUT2D eigenvalue weighted by molar-refractivity contribution is 8.00. The highest BCUT2D eigenvalue weighted by atomic mass is 32.2. The van der Waals surface area contributed by atoms with E-state index in [1.165, 1.54) is 30.0 Å². The van der Waals surface area contributed by atoms with Crippen molar-refractivity contribution >= 4 is 52.6 Å². The van der Waals surface area contributed by atoms with Gasteiger partial charge in [0, 0.05) is 33.1 Å². The molecule has 2 N–H and O–H groups in total. The van der Waals surface area contributed by atoms with Crippen molar-refractivity contribution in [1.82, 2.24) is 5.32 Å². The summed E-state index contributed by atoms with van der Waals surface area (Å²) in [7, 11) is 0. The van der Waals surface area contributed by atoms with Crippen LogP contribution >= 0.6 is 11.8 Å². The van der Waals surface area contributed by atoms with Crippen LogP contribution in [0.4, 0.5) is 21.5 Å². The molecule has 44 heavy (non-hydrogen) atoms. The lowest BCUT2D eigenvalue weighted by molar-refractivity contribution is -0.115. The number of carbonyl (C=O) groups is 3. The molecular formula is C36H28FN3O3S. The predicted octanol–water partition coefficient (Wildman–Crippen LogP) is 7.69. The second-order valence-electron chi connectivity index (χ2n) is 9.57. The van der Waals surface area contributed by atoms with Crippen molar-refractivity contribution in [3.8, 4) is 0 Å². The van der Waals surface area contributed by atoms with Crippen molar-refractivity contribution in [3.05, 3.63) is 162 Å². The zero-order chi connectivity index (χ0) is 30.7. The number of benzene rings is 5. The maximum absolute atomic E-state index is 14.4. The normalized spacial score (nSPS) is 11.0. The average Bonchev–Trinajstić information content (AvgIpc) is 3.06. The zero-order valence-electron chi connectivity index (χ0n) is 23.5. The van der Waals surface area contributed by atoms with Crippen molar-refractivity contribution in [1.29, 1.82) is 0 Å². The largest absolute Gasteiger partial charge is 0.321 e. The predicted molar refractivity (Wildman–Crippen MR) is 174 cm³/mol. The molecule has 0 aliphatic heterocycles. The van der Waals surface area contributed by atoms with Crippen molar-refractivity contribution in [2.24, 2.45) is 0 Å². The summed E-state index contributed by atoms with van der Waals surface area (Å²) in [5.41, 5.74) is 2.42. The molecule has 5 aromatic rings. The molecule has 0 radical (unpaired) electrons. The Hall–Kier alpha value is -5.47. The monoisotopic (exact) mass is 601 g/mol. The molecule has 8 heteroatoms. The van der Waals surface area contributed by atoms with E-state index in [1.54, 1.807) is 71.6 Å². The Bertz CT molecular complexity index is 1720. The van der Waals surface area contributed by atoms with E-state index in [2.05, 4.69) is 10.6 Å². The lowest BCUT2D eigenvalue weighted by Gasteiger charge is -2.23. The fourth-order valence-electron chi connectivity index (χ4n) is 4.32. The molecule has 0 unspecified atom stereocenters. The lowest BCUT2D eigenvalue weighted by atomic mass is 10.1. The van der Waals surface area contributed by atoms with E-state index in [4.69, 9.17) is 0 Å². The van der Waals surface area contributed by atoms with Gasteiger partial charge in [0.25, 0.3) is 11.8 Å². The molecule has 0 fully saturated rings. The summed E-state index contributed by atoms with van der Waals surface area (Å²) in [5, 5.41) is 5.37. The first kappa shape index (κ1) is 30.0. The van der Waals surface area contributed by atoms with E-state index in [0.717, 1.165) is 16.3 Å². The van der Waals surface area contributed by atoms with Gasteiger partial charge >= 0.3 is 0 Å². The second-order valence-corrected chi connectivity index (χ2v) is 10.6. The van der Waals surface area contributed by atoms with Crippen LogP contribution in [-0.2, 0) is 9.59 Å². The average molecular weight is 602 g/mol. The third-order valence-electron chi connectivity index (χ3n) is 6.49. The van der Waals surface area contributed by atoms with Gasteiger partial charge < -0.3 is 10.6 Å². The van der Waals surface area contributed by atoms with Gasteiger partial charge in [0.1, 0.15) is 11.5 Å². The van der Waals surface area contributed by atoms with Crippen LogP contribution in [0.15, 0.2) is 150 Å². The summed E-state index contributed by atoms with van der Waals surface area (Å²) in [6, 6.07) is 40.4. The first-order chi connectivity index (χ1) is 21.5. The molecule has 0 bridgehead atoms. The first-order valence-electron chi connectivity index (χ1n) is 13.8. The molecule has 0 aromatic heterocycles. The maximum atomic E-state index is 14.4. The van der Waals surface area contributed by atoms with Gasteiger partial charge in [-0.15, -0.1) is 11.8 Å². The van der Waals surface area contributed by atoms with Crippen molar-refractivity contribution in [3.63, 3.8) is 0 Å². The number of nitrogens with zero attached hydrogens (tertiary/aromatic N) is 1. The lowest BCUT2D eigenvalue weighted by Crippen LogP contribution is -2.30. The number of hydrogen-bond acceptors (Lipinski definition) is 4. The van der Waals surface area contributed by atoms with E-state index < -0.39 is 17.6 Å². The molecule has 3 amide bonds. The molecule has 0 spiro atoms. The Kier molecular flexibility index (Phi) is 9.97. The Labute approximate surface area is 259 Å². The number of hydrogen-bond donors (Lipinski definition) is 2. The van der Waals surface area contributed by atoms with Crippen LogP contribution in [0.3, 0.4) is 0 Å². The highest BCUT2D eigenvalue weighted by Gasteiger charge is 2.19. The topological polar surface area (TPSA) is 78.5 Å². The smallest absolute Gasteiger partial charge is 0.272 e. The van der Waals surface area contributed by atoms with Gasteiger partial charge in [0.05, 0.1) is 5.75 Å². The summed E-state index contributed by atoms with van der Waals surface area (Å²) >= 11 is 1.38. The van der Waals surface area contributed by atoms with Crippen molar-refractivity contribution in [2.75, 3.05) is 16.0 Å². The molecule has 218 valence electrons. The molecule has 0 saturated heterocycles. The van der Waals surface area contributed by atoms with E-state index in [1.807, 2.05) is 60.7 Å². The van der Waals surface area contributed by atoms with Gasteiger partial charge in [-0.05, 0) is 72.8 Å². The summed E-state index contributed by atoms with van der Waals surface area (Å²) in [4.78, 5) is 42.0. The number of anilines is 3. The van der Waals surface area contributed by atoms with Gasteiger partial charge in [-0.25, -0.2) is 4.39 Å². The van der Waals surface area contributed by atoms with Gasteiger partial charge in [-0.2, -0.15) is 0 Å². The number of thioether (sulfide) groups is 1. The Morgan fingerprint density at radius 3 is 1.82 bits per heavy atom. The van der Waals surface area contributed by atoms with Crippen LogP contribution in [0.25, 0.3) is 6.08 Å². The third kappa shape index (κ3) is 7.87. The molecule has 0 saturated carbocycles. The minimum absolute atomic E-state index is 0.0816. The van der Waals surface area contributed by atoms with Crippen LogP contribution in [-0.4, -0.2) is 23.5 Å². The number of halogens is 1. The quantitative estimate of drug-likeness (QED) is 0.127. The molecule has 5 rings (SSSR count). The highest BCUT2D eigenvalue weighted by Crippen LogP contribution is 2.28. The van der Waals surface area contributed by atoms with Crippen molar-refractivity contribution < 1.29 is 18.8 Å². The number of rotatable bonds is 10. The van der Waals surface area contributed by atoms with Crippen LogP contribution < -0.4 is 15.5 Å². The Morgan fingerprint density at radius 1 is 0.682 bits per heavy atom. The van der Waals surface area contributed by atoms with Crippen molar-refractivity contribution in [2.45, 2.75) is 4.90 Å². The van der Waals surface area contributed by atoms with Gasteiger partial charge in [0.15, 0.2) is 0 Å². The van der Waals surface area contributed by atoms with Gasteiger partial charge in [0.2, 0.25) is 5.91 Å². The Morgan fingerprint density at radius 2 is 1.23 bits per heavy atom. The van der Waals surface area contributed by atoms with Crippen LogP contribution in [0.5, 0.6) is 0 Å².